The van der Waals surface area contributed by atoms with Crippen LogP contribution < -0.4 is 0 Å². The number of esters is 2. The molecule has 0 saturated carbocycles. The topological polar surface area (TPSA) is 135 Å². The van der Waals surface area contributed by atoms with Crippen LogP contribution in [0.3, 0.4) is 0 Å². The number of amides is 1. The van der Waals surface area contributed by atoms with E-state index in [1.165, 1.54) is 12.1 Å². The third-order valence-electron chi connectivity index (χ3n) is 5.02. The highest BCUT2D eigenvalue weighted by Crippen LogP contribution is 2.56. The van der Waals surface area contributed by atoms with Crippen LogP contribution in [0.25, 0.3) is 0 Å². The minimum absolute atomic E-state index is 0.0753. The molecule has 1 atom stereocenters. The average molecular weight is 528 g/mol. The van der Waals surface area contributed by atoms with Crippen LogP contribution in [-0.2, 0) is 42.3 Å². The van der Waals surface area contributed by atoms with Crippen molar-refractivity contribution in [3.8, 4) is 0 Å². The molecule has 1 aromatic carbocycles. The molecule has 12 heteroatoms. The normalized spacial score (nSPS) is 16.9. The van der Waals surface area contributed by atoms with Crippen molar-refractivity contribution >= 4 is 31.4 Å². The molecule has 1 unspecified atom stereocenters. The summed E-state index contributed by atoms with van der Waals surface area (Å²) in [6.45, 7) is 8.32. The Balaban J connectivity index is 2.16. The molecule has 36 heavy (non-hydrogen) atoms. The largest absolute Gasteiger partial charge is 0.438 e. The predicted molar refractivity (Wildman–Crippen MR) is 127 cm³/mol. The van der Waals surface area contributed by atoms with E-state index in [4.69, 9.17) is 23.4 Å². The number of benzene rings is 1. The lowest BCUT2D eigenvalue weighted by Gasteiger charge is -2.33. The Morgan fingerprint density at radius 1 is 0.917 bits per heavy atom. The van der Waals surface area contributed by atoms with Gasteiger partial charge in [-0.3, -0.25) is 28.0 Å². The lowest BCUT2D eigenvalue weighted by molar-refractivity contribution is -0.172. The molecule has 1 heterocycles. The summed E-state index contributed by atoms with van der Waals surface area (Å²) in [5.74, 6) is -2.82. The number of hydrogen-bond donors (Lipinski definition) is 0. The van der Waals surface area contributed by atoms with Crippen LogP contribution in [0.15, 0.2) is 30.3 Å². The molecule has 0 N–H and O–H groups in total. The number of carbonyl (C=O) groups is 4. The zero-order valence-electron chi connectivity index (χ0n) is 21.5. The van der Waals surface area contributed by atoms with Crippen LogP contribution in [0.4, 0.5) is 0 Å². The summed E-state index contributed by atoms with van der Waals surface area (Å²) in [6.07, 6.45) is 0.397. The molecular formula is C24H34NO10P. The molecule has 11 nitrogen and oxygen atoms in total. The molecule has 0 aromatic heterocycles. The standard InChI is InChI=1S/C24H34NO10P/c1-23(2,3)21(28)31-15-33-36(30,34-16-32-22(29)24(4,5)6)18-13-10-14-25(19(18)26)35-20(27)17-11-8-7-9-12-17/h7-9,11-12,18H,10,13-16H2,1-6H3. The highest BCUT2D eigenvalue weighted by atomic mass is 31.2. The van der Waals surface area contributed by atoms with Gasteiger partial charge in [-0.25, -0.2) is 4.79 Å². The van der Waals surface area contributed by atoms with Crippen LogP contribution in [0.2, 0.25) is 0 Å². The van der Waals surface area contributed by atoms with Crippen molar-refractivity contribution in [1.29, 1.82) is 0 Å². The Morgan fingerprint density at radius 2 is 1.42 bits per heavy atom. The first-order valence-corrected chi connectivity index (χ1v) is 13.1. The first-order chi connectivity index (χ1) is 16.6. The van der Waals surface area contributed by atoms with Crippen molar-refractivity contribution in [2.45, 2.75) is 60.0 Å². The molecule has 0 spiro atoms. The number of carbonyl (C=O) groups excluding carboxylic acids is 4. The van der Waals surface area contributed by atoms with Gasteiger partial charge in [-0.05, 0) is 66.5 Å². The second-order valence-corrected chi connectivity index (χ2v) is 12.5. The summed E-state index contributed by atoms with van der Waals surface area (Å²) in [5.41, 5.74) is -2.85. The molecule has 200 valence electrons. The summed E-state index contributed by atoms with van der Waals surface area (Å²) in [7, 11) is -4.36. The van der Waals surface area contributed by atoms with Crippen LogP contribution in [0.5, 0.6) is 0 Å². The van der Waals surface area contributed by atoms with Gasteiger partial charge in [0.05, 0.1) is 22.9 Å². The number of nitrogens with zero attached hydrogens (tertiary/aromatic N) is 1. The quantitative estimate of drug-likeness (QED) is 0.263. The summed E-state index contributed by atoms with van der Waals surface area (Å²) < 4.78 is 34.4. The molecule has 1 saturated heterocycles. The maximum absolute atomic E-state index is 13.7. The summed E-state index contributed by atoms with van der Waals surface area (Å²) >= 11 is 0. The van der Waals surface area contributed by atoms with Crippen molar-refractivity contribution in [2.24, 2.45) is 10.8 Å². The third-order valence-corrected chi connectivity index (χ3v) is 7.20. The van der Waals surface area contributed by atoms with Gasteiger partial charge < -0.3 is 14.3 Å². The van der Waals surface area contributed by atoms with E-state index in [-0.39, 0.29) is 18.5 Å². The van der Waals surface area contributed by atoms with E-state index in [2.05, 4.69) is 0 Å². The summed E-state index contributed by atoms with van der Waals surface area (Å²) in [4.78, 5) is 55.0. The van der Waals surface area contributed by atoms with E-state index in [9.17, 15) is 23.7 Å². The molecular weight excluding hydrogens is 493 g/mol. The van der Waals surface area contributed by atoms with Gasteiger partial charge in [0.25, 0.3) is 5.91 Å². The van der Waals surface area contributed by atoms with E-state index in [0.29, 0.717) is 6.42 Å². The van der Waals surface area contributed by atoms with E-state index < -0.39 is 61.5 Å². The van der Waals surface area contributed by atoms with Gasteiger partial charge in [0, 0.05) is 0 Å². The number of ether oxygens (including phenoxy) is 2. The minimum Gasteiger partial charge on any atom is -0.438 e. The van der Waals surface area contributed by atoms with E-state index in [0.717, 1.165) is 5.06 Å². The van der Waals surface area contributed by atoms with Gasteiger partial charge in [-0.15, -0.1) is 0 Å². The van der Waals surface area contributed by atoms with E-state index in [1.807, 2.05) is 0 Å². The zero-order chi connectivity index (χ0) is 27.1. The second kappa shape index (κ2) is 12.0. The van der Waals surface area contributed by atoms with Crippen LogP contribution in [0, 0.1) is 10.8 Å². The van der Waals surface area contributed by atoms with Gasteiger partial charge in [0.1, 0.15) is 5.66 Å². The Hall–Kier alpha value is -2.75. The molecule has 0 bridgehead atoms. The van der Waals surface area contributed by atoms with Gasteiger partial charge >= 0.3 is 25.5 Å². The Labute approximate surface area is 210 Å². The van der Waals surface area contributed by atoms with Crippen LogP contribution >= 0.6 is 7.60 Å². The predicted octanol–water partition coefficient (Wildman–Crippen LogP) is 4.07. The number of piperidine rings is 1. The Morgan fingerprint density at radius 3 is 1.89 bits per heavy atom. The Bertz CT molecular complexity index is 960. The third kappa shape index (κ3) is 8.15. The van der Waals surface area contributed by atoms with Crippen molar-refractivity contribution in [3.63, 3.8) is 0 Å². The van der Waals surface area contributed by atoms with Crippen molar-refractivity contribution in [3.05, 3.63) is 35.9 Å². The molecule has 2 rings (SSSR count). The van der Waals surface area contributed by atoms with Crippen LogP contribution in [-0.4, -0.2) is 54.7 Å². The fraction of sp³-hybridized carbons (Fsp3) is 0.583. The average Bonchev–Trinajstić information content (AvgIpc) is 2.79. The maximum atomic E-state index is 13.7. The van der Waals surface area contributed by atoms with Gasteiger partial charge in [-0.1, -0.05) is 18.2 Å². The van der Waals surface area contributed by atoms with Crippen molar-refractivity contribution in [1.82, 2.24) is 5.06 Å². The Kier molecular flexibility index (Phi) is 9.82. The minimum atomic E-state index is -4.36. The fourth-order valence-electron chi connectivity index (χ4n) is 2.90. The van der Waals surface area contributed by atoms with Crippen molar-refractivity contribution < 1.29 is 47.1 Å². The van der Waals surface area contributed by atoms with Crippen molar-refractivity contribution in [2.75, 3.05) is 20.1 Å². The first kappa shape index (κ1) is 29.5. The van der Waals surface area contributed by atoms with Gasteiger partial charge in [-0.2, -0.15) is 5.06 Å². The molecule has 0 radical (unpaired) electrons. The summed E-state index contributed by atoms with van der Waals surface area (Å²) in [6, 6.07) is 8.07. The fourth-order valence-corrected chi connectivity index (χ4v) is 4.63. The molecule has 1 aliphatic rings. The highest BCUT2D eigenvalue weighted by Gasteiger charge is 2.47. The molecule has 1 fully saturated rings. The number of rotatable bonds is 9. The van der Waals surface area contributed by atoms with E-state index >= 15 is 0 Å². The lowest BCUT2D eigenvalue weighted by atomic mass is 9.98. The number of hydrogen-bond acceptors (Lipinski definition) is 10. The van der Waals surface area contributed by atoms with Crippen LogP contribution in [0.1, 0.15) is 64.7 Å². The first-order valence-electron chi connectivity index (χ1n) is 11.5. The molecule has 0 aliphatic carbocycles. The maximum Gasteiger partial charge on any atom is 0.363 e. The molecule has 1 aromatic rings. The van der Waals surface area contributed by atoms with Gasteiger partial charge in [0.15, 0.2) is 0 Å². The SMILES string of the molecule is CC(C)(C)C(=O)OCOP(=O)(OCOC(=O)C(C)(C)C)C1CCCN(OC(=O)c2ccccc2)C1=O. The molecule has 1 aliphatic heterocycles. The summed E-state index contributed by atoms with van der Waals surface area (Å²) in [5, 5.41) is 0.811. The van der Waals surface area contributed by atoms with E-state index in [1.54, 1.807) is 59.7 Å². The molecule has 1 amide bonds. The lowest BCUT2D eigenvalue weighted by Crippen LogP contribution is -2.45. The number of hydroxylamine groups is 2. The highest BCUT2D eigenvalue weighted by molar-refractivity contribution is 7.55. The smallest absolute Gasteiger partial charge is 0.363 e. The monoisotopic (exact) mass is 527 g/mol. The second-order valence-electron chi connectivity index (χ2n) is 10.2. The zero-order valence-corrected chi connectivity index (χ0v) is 22.4. The van der Waals surface area contributed by atoms with Gasteiger partial charge in [0.2, 0.25) is 13.6 Å².